The predicted molar refractivity (Wildman–Crippen MR) is 115 cm³/mol. The van der Waals surface area contributed by atoms with Crippen LogP contribution in [0.25, 0.3) is 0 Å². The Morgan fingerprint density at radius 1 is 1.13 bits per heavy atom. The maximum Gasteiger partial charge on any atom is 0.313 e. The van der Waals surface area contributed by atoms with Crippen molar-refractivity contribution in [2.24, 2.45) is 0 Å². The molecule has 2 N–H and O–H groups in total. The quantitative estimate of drug-likeness (QED) is 0.617. The van der Waals surface area contributed by atoms with Crippen LogP contribution in [0.1, 0.15) is 27.2 Å². The molecule has 3 heterocycles. The minimum Gasteiger partial charge on any atom is -0.472 e. The summed E-state index contributed by atoms with van der Waals surface area (Å²) in [6, 6.07) is 10.9. The summed E-state index contributed by atoms with van der Waals surface area (Å²) in [6.45, 7) is 1.00. The molecule has 3 amide bonds. The summed E-state index contributed by atoms with van der Waals surface area (Å²) in [7, 11) is 0. The molecule has 1 aliphatic heterocycles. The van der Waals surface area contributed by atoms with Crippen molar-refractivity contribution in [3.63, 3.8) is 0 Å². The maximum atomic E-state index is 12.8. The molecule has 3 aromatic rings. The first-order valence-electron chi connectivity index (χ1n) is 9.70. The molecule has 30 heavy (non-hydrogen) atoms. The third-order valence-electron chi connectivity index (χ3n) is 4.92. The lowest BCUT2D eigenvalue weighted by Crippen LogP contribution is -2.37. The van der Waals surface area contributed by atoms with Crippen molar-refractivity contribution >= 4 is 40.4 Å². The first-order chi connectivity index (χ1) is 14.6. The highest BCUT2D eigenvalue weighted by atomic mass is 32.1. The van der Waals surface area contributed by atoms with Crippen LogP contribution < -0.4 is 15.5 Å². The Bertz CT molecular complexity index is 1040. The van der Waals surface area contributed by atoms with Crippen LogP contribution in [0.3, 0.4) is 0 Å². The van der Waals surface area contributed by atoms with Crippen molar-refractivity contribution in [2.45, 2.75) is 19.3 Å². The summed E-state index contributed by atoms with van der Waals surface area (Å²) in [5, 5.41) is 7.12. The largest absolute Gasteiger partial charge is 0.472 e. The van der Waals surface area contributed by atoms with Gasteiger partial charge in [0.15, 0.2) is 0 Å². The lowest BCUT2D eigenvalue weighted by atomic mass is 10.0. The van der Waals surface area contributed by atoms with Gasteiger partial charge in [0.2, 0.25) is 0 Å². The second-order valence-electron chi connectivity index (χ2n) is 6.97. The van der Waals surface area contributed by atoms with Crippen LogP contribution in [-0.4, -0.2) is 30.8 Å². The van der Waals surface area contributed by atoms with E-state index in [1.807, 2.05) is 35.7 Å². The lowest BCUT2D eigenvalue weighted by molar-refractivity contribution is -0.136. The number of fused-ring (bicyclic) bond motifs is 1. The van der Waals surface area contributed by atoms with Gasteiger partial charge in [0.1, 0.15) is 0 Å². The minimum absolute atomic E-state index is 0.0141. The van der Waals surface area contributed by atoms with E-state index >= 15 is 0 Å². The van der Waals surface area contributed by atoms with Crippen LogP contribution >= 0.6 is 11.3 Å². The Kier molecular flexibility index (Phi) is 5.94. The zero-order valence-corrected chi connectivity index (χ0v) is 17.0. The summed E-state index contributed by atoms with van der Waals surface area (Å²) in [5.74, 6) is -1.42. The van der Waals surface area contributed by atoms with Gasteiger partial charge in [0.05, 0.1) is 17.4 Å². The number of nitrogens with one attached hydrogen (secondary N) is 2. The zero-order chi connectivity index (χ0) is 20.9. The molecule has 154 valence electrons. The number of aryl methyl sites for hydroxylation is 1. The van der Waals surface area contributed by atoms with Gasteiger partial charge in [-0.3, -0.25) is 14.4 Å². The van der Waals surface area contributed by atoms with Gasteiger partial charge in [-0.15, -0.1) is 11.3 Å². The average molecular weight is 423 g/mol. The first kappa shape index (κ1) is 19.9. The SMILES string of the molecule is O=C(NCCc1ccoc1)C(=O)Nc1ccc2c(c1)CCCN2C(=O)c1cccs1. The highest BCUT2D eigenvalue weighted by Gasteiger charge is 2.24. The molecule has 7 nitrogen and oxygen atoms in total. The Morgan fingerprint density at radius 3 is 2.80 bits per heavy atom. The van der Waals surface area contributed by atoms with E-state index in [0.29, 0.717) is 30.1 Å². The first-order valence-corrected chi connectivity index (χ1v) is 10.6. The molecule has 0 saturated heterocycles. The highest BCUT2D eigenvalue weighted by molar-refractivity contribution is 7.12. The molecule has 8 heteroatoms. The second-order valence-corrected chi connectivity index (χ2v) is 7.92. The second kappa shape index (κ2) is 8.96. The Morgan fingerprint density at radius 2 is 2.03 bits per heavy atom. The number of hydrogen-bond acceptors (Lipinski definition) is 5. The van der Waals surface area contributed by atoms with Crippen LogP contribution in [-0.2, 0) is 22.4 Å². The van der Waals surface area contributed by atoms with Gasteiger partial charge in [-0.2, -0.15) is 0 Å². The molecule has 0 aliphatic carbocycles. The predicted octanol–water partition coefficient (Wildman–Crippen LogP) is 3.23. The van der Waals surface area contributed by atoms with E-state index < -0.39 is 11.8 Å². The Balaban J connectivity index is 1.38. The van der Waals surface area contributed by atoms with Gasteiger partial charge in [0, 0.05) is 24.5 Å². The molecule has 1 aromatic carbocycles. The third kappa shape index (κ3) is 4.44. The number of amides is 3. The third-order valence-corrected chi connectivity index (χ3v) is 5.78. The average Bonchev–Trinajstić information content (AvgIpc) is 3.47. The van der Waals surface area contributed by atoms with Gasteiger partial charge in [-0.1, -0.05) is 6.07 Å². The lowest BCUT2D eigenvalue weighted by Gasteiger charge is -2.29. The fourth-order valence-corrected chi connectivity index (χ4v) is 4.11. The Labute approximate surface area is 177 Å². The van der Waals surface area contributed by atoms with Crippen LogP contribution in [0, 0.1) is 0 Å². The molecule has 1 aliphatic rings. The van der Waals surface area contributed by atoms with Crippen molar-refractivity contribution < 1.29 is 18.8 Å². The number of carbonyl (C=O) groups is 3. The van der Waals surface area contributed by atoms with E-state index in [9.17, 15) is 14.4 Å². The van der Waals surface area contributed by atoms with Gasteiger partial charge in [-0.05, 0) is 66.1 Å². The number of furan rings is 1. The van der Waals surface area contributed by atoms with Gasteiger partial charge in [-0.25, -0.2) is 0 Å². The molecule has 0 saturated carbocycles. The van der Waals surface area contributed by atoms with E-state index in [0.717, 1.165) is 29.7 Å². The van der Waals surface area contributed by atoms with Crippen LogP contribution in [0.5, 0.6) is 0 Å². The number of benzene rings is 1. The summed E-state index contributed by atoms with van der Waals surface area (Å²) >= 11 is 1.42. The monoisotopic (exact) mass is 423 g/mol. The van der Waals surface area contributed by atoms with E-state index in [1.54, 1.807) is 23.5 Å². The molecule has 0 spiro atoms. The number of thiophene rings is 1. The number of carbonyl (C=O) groups excluding carboxylic acids is 3. The van der Waals surface area contributed by atoms with Gasteiger partial charge >= 0.3 is 11.8 Å². The molecule has 0 atom stereocenters. The van der Waals surface area contributed by atoms with Crippen LogP contribution in [0.15, 0.2) is 58.7 Å². The van der Waals surface area contributed by atoms with Gasteiger partial charge in [0.25, 0.3) is 5.91 Å². The maximum absolute atomic E-state index is 12.8. The summed E-state index contributed by atoms with van der Waals surface area (Å²) in [6.07, 6.45) is 5.41. The zero-order valence-electron chi connectivity index (χ0n) is 16.2. The standard InChI is InChI=1S/C22H21N3O4S/c26-20(23-9-7-15-8-11-29-14-15)21(27)24-17-5-6-18-16(13-17)3-1-10-25(18)22(28)19-4-2-12-30-19/h2,4-6,8,11-14H,1,3,7,9-10H2,(H,23,26)(H,24,27). The number of hydrogen-bond donors (Lipinski definition) is 2. The minimum atomic E-state index is -0.718. The molecule has 0 bridgehead atoms. The number of rotatable bonds is 5. The van der Waals surface area contributed by atoms with Crippen LogP contribution in [0.4, 0.5) is 11.4 Å². The van der Waals surface area contributed by atoms with Crippen molar-refractivity contribution in [1.29, 1.82) is 0 Å². The molecule has 0 radical (unpaired) electrons. The normalized spacial score (nSPS) is 12.9. The fraction of sp³-hybridized carbons (Fsp3) is 0.227. The van der Waals surface area contributed by atoms with Crippen molar-refractivity contribution in [2.75, 3.05) is 23.3 Å². The molecular formula is C22H21N3O4S. The van der Waals surface area contributed by atoms with Gasteiger partial charge < -0.3 is 20.0 Å². The summed E-state index contributed by atoms with van der Waals surface area (Å²) < 4.78 is 4.97. The molecule has 2 aromatic heterocycles. The summed E-state index contributed by atoms with van der Waals surface area (Å²) in [4.78, 5) is 39.5. The smallest absolute Gasteiger partial charge is 0.313 e. The van der Waals surface area contributed by atoms with E-state index in [1.165, 1.54) is 11.3 Å². The van der Waals surface area contributed by atoms with E-state index in [-0.39, 0.29) is 5.91 Å². The molecule has 0 fully saturated rings. The van der Waals surface area contributed by atoms with E-state index in [2.05, 4.69) is 10.6 Å². The van der Waals surface area contributed by atoms with Crippen molar-refractivity contribution in [1.82, 2.24) is 5.32 Å². The van der Waals surface area contributed by atoms with Crippen LogP contribution in [0.2, 0.25) is 0 Å². The van der Waals surface area contributed by atoms with Crippen molar-refractivity contribution in [3.8, 4) is 0 Å². The summed E-state index contributed by atoms with van der Waals surface area (Å²) in [5.41, 5.74) is 3.31. The number of anilines is 2. The highest BCUT2D eigenvalue weighted by Crippen LogP contribution is 2.31. The topological polar surface area (TPSA) is 91.7 Å². The van der Waals surface area contributed by atoms with Crippen molar-refractivity contribution in [3.05, 3.63) is 70.3 Å². The number of nitrogens with zero attached hydrogens (tertiary/aromatic N) is 1. The Hall–Kier alpha value is -3.39. The fourth-order valence-electron chi connectivity index (χ4n) is 3.44. The molecule has 4 rings (SSSR count). The van der Waals surface area contributed by atoms with E-state index in [4.69, 9.17) is 4.42 Å². The molecule has 0 unspecified atom stereocenters. The molecular weight excluding hydrogens is 402 g/mol.